The maximum Gasteiger partial charge on any atom is 0.253 e. The monoisotopic (exact) mass is 394 g/mol. The van der Waals surface area contributed by atoms with E-state index in [1.54, 1.807) is 29.5 Å². The number of hydrogen-bond donors (Lipinski definition) is 1. The van der Waals surface area contributed by atoms with Crippen LogP contribution >= 0.6 is 11.3 Å². The number of benzene rings is 1. The van der Waals surface area contributed by atoms with Gasteiger partial charge in [0.25, 0.3) is 5.91 Å². The summed E-state index contributed by atoms with van der Waals surface area (Å²) in [5.74, 6) is -0.0199. The molecule has 0 atom stereocenters. The van der Waals surface area contributed by atoms with Crippen molar-refractivity contribution in [2.45, 2.75) is 29.7 Å². The average molecular weight is 395 g/mol. The lowest BCUT2D eigenvalue weighted by Gasteiger charge is -2.32. The summed E-state index contributed by atoms with van der Waals surface area (Å²) in [6.07, 6.45) is 1.22. The third-order valence-corrected chi connectivity index (χ3v) is 7.29. The van der Waals surface area contributed by atoms with E-state index in [0.717, 1.165) is 5.56 Å². The van der Waals surface area contributed by atoms with Crippen LogP contribution in [0.25, 0.3) is 0 Å². The Bertz CT molecular complexity index is 825. The van der Waals surface area contributed by atoms with Crippen LogP contribution in [0, 0.1) is 0 Å². The van der Waals surface area contributed by atoms with Gasteiger partial charge in [-0.25, -0.2) is 13.1 Å². The number of piperidine rings is 1. The first-order valence-electron chi connectivity index (χ1n) is 8.42. The van der Waals surface area contributed by atoms with Crippen molar-refractivity contribution in [1.82, 2.24) is 9.62 Å². The molecule has 1 saturated heterocycles. The zero-order valence-corrected chi connectivity index (χ0v) is 16.2. The van der Waals surface area contributed by atoms with Crippen LogP contribution in [0.15, 0.2) is 46.0 Å². The van der Waals surface area contributed by atoms with E-state index in [2.05, 4.69) is 4.72 Å². The van der Waals surface area contributed by atoms with E-state index in [1.165, 1.54) is 11.3 Å². The molecular weight excluding hydrogens is 372 g/mol. The molecule has 0 radical (unpaired) electrons. The molecule has 1 amide bonds. The number of rotatable bonds is 6. The summed E-state index contributed by atoms with van der Waals surface area (Å²) in [7, 11) is -1.83. The van der Waals surface area contributed by atoms with Crippen LogP contribution in [-0.2, 0) is 21.4 Å². The van der Waals surface area contributed by atoms with Crippen molar-refractivity contribution in [1.29, 1.82) is 0 Å². The van der Waals surface area contributed by atoms with Gasteiger partial charge in [0.05, 0.1) is 6.61 Å². The van der Waals surface area contributed by atoms with E-state index in [0.29, 0.717) is 42.3 Å². The number of carbonyl (C=O) groups is 1. The highest BCUT2D eigenvalue weighted by Crippen LogP contribution is 2.20. The Kier molecular flexibility index (Phi) is 6.08. The predicted molar refractivity (Wildman–Crippen MR) is 101 cm³/mol. The second kappa shape index (κ2) is 8.30. The van der Waals surface area contributed by atoms with Crippen LogP contribution in [0.3, 0.4) is 0 Å². The van der Waals surface area contributed by atoms with Crippen molar-refractivity contribution in [3.8, 4) is 0 Å². The number of amides is 1. The first-order valence-corrected chi connectivity index (χ1v) is 10.8. The van der Waals surface area contributed by atoms with Gasteiger partial charge in [-0.1, -0.05) is 18.2 Å². The second-order valence-electron chi connectivity index (χ2n) is 6.25. The number of likely N-dealkylation sites (tertiary alicyclic amines) is 1. The zero-order chi connectivity index (χ0) is 18.6. The molecule has 0 saturated carbocycles. The van der Waals surface area contributed by atoms with Crippen LogP contribution in [0.4, 0.5) is 0 Å². The second-order valence-corrected chi connectivity index (χ2v) is 9.14. The summed E-state index contributed by atoms with van der Waals surface area (Å²) in [4.78, 5) is 14.4. The van der Waals surface area contributed by atoms with Crippen molar-refractivity contribution in [3.05, 3.63) is 52.9 Å². The van der Waals surface area contributed by atoms with Gasteiger partial charge in [-0.15, -0.1) is 11.3 Å². The lowest BCUT2D eigenvalue weighted by molar-refractivity contribution is 0.0711. The predicted octanol–water partition coefficient (Wildman–Crippen LogP) is 2.48. The van der Waals surface area contributed by atoms with Gasteiger partial charge in [-0.3, -0.25) is 4.79 Å². The zero-order valence-electron chi connectivity index (χ0n) is 14.6. The largest absolute Gasteiger partial charge is 0.380 e. The van der Waals surface area contributed by atoms with Crippen LogP contribution in [0.1, 0.15) is 28.8 Å². The number of nitrogens with one attached hydrogen (secondary N) is 1. The molecule has 0 aliphatic carbocycles. The molecule has 1 aromatic heterocycles. The highest BCUT2D eigenvalue weighted by Gasteiger charge is 2.27. The summed E-state index contributed by atoms with van der Waals surface area (Å²) >= 11 is 1.20. The Balaban J connectivity index is 1.55. The van der Waals surface area contributed by atoms with Gasteiger partial charge in [0, 0.05) is 31.8 Å². The molecule has 1 fully saturated rings. The van der Waals surface area contributed by atoms with E-state index in [1.807, 2.05) is 24.3 Å². The average Bonchev–Trinajstić information content (AvgIpc) is 3.18. The van der Waals surface area contributed by atoms with Gasteiger partial charge >= 0.3 is 0 Å². The van der Waals surface area contributed by atoms with Crippen molar-refractivity contribution < 1.29 is 17.9 Å². The number of nitrogens with zero attached hydrogens (tertiary/aromatic N) is 1. The standard InChI is InChI=1S/C18H22N2O4S2/c1-24-13-14-4-6-15(7-5-14)18(21)20-10-8-16(9-11-20)19-26(22,23)17-3-2-12-25-17/h2-7,12,16,19H,8-11,13H2,1H3. The Morgan fingerprint density at radius 3 is 2.50 bits per heavy atom. The van der Waals surface area contributed by atoms with Gasteiger partial charge in [0.1, 0.15) is 4.21 Å². The highest BCUT2D eigenvalue weighted by molar-refractivity contribution is 7.91. The smallest absolute Gasteiger partial charge is 0.253 e. The normalized spacial score (nSPS) is 16.0. The van der Waals surface area contributed by atoms with Gasteiger partial charge in [-0.05, 0) is 42.0 Å². The Hall–Kier alpha value is -1.74. The van der Waals surface area contributed by atoms with Crippen LogP contribution in [-0.4, -0.2) is 45.5 Å². The molecule has 0 spiro atoms. The molecule has 2 aromatic rings. The van der Waals surface area contributed by atoms with Crippen molar-refractivity contribution in [3.63, 3.8) is 0 Å². The third kappa shape index (κ3) is 4.50. The van der Waals surface area contributed by atoms with Gasteiger partial charge < -0.3 is 9.64 Å². The van der Waals surface area contributed by atoms with Crippen molar-refractivity contribution in [2.75, 3.05) is 20.2 Å². The fourth-order valence-corrected chi connectivity index (χ4v) is 5.30. The molecular formula is C18H22N2O4S2. The summed E-state index contributed by atoms with van der Waals surface area (Å²) in [6, 6.07) is 10.6. The third-order valence-electron chi connectivity index (χ3n) is 4.38. The molecule has 0 bridgehead atoms. The fraction of sp³-hybridized carbons (Fsp3) is 0.389. The van der Waals surface area contributed by atoms with E-state index in [9.17, 15) is 13.2 Å². The number of thiophene rings is 1. The molecule has 0 unspecified atom stereocenters. The number of ether oxygens (including phenoxy) is 1. The Labute approximate surface area is 157 Å². The molecule has 140 valence electrons. The van der Waals surface area contributed by atoms with Gasteiger partial charge in [0.15, 0.2) is 0 Å². The molecule has 1 aromatic carbocycles. The van der Waals surface area contributed by atoms with Crippen molar-refractivity contribution in [2.24, 2.45) is 0 Å². The highest BCUT2D eigenvalue weighted by atomic mass is 32.2. The van der Waals surface area contributed by atoms with E-state index in [-0.39, 0.29) is 11.9 Å². The maximum atomic E-state index is 12.6. The molecule has 8 heteroatoms. The quantitative estimate of drug-likeness (QED) is 0.817. The minimum Gasteiger partial charge on any atom is -0.380 e. The Morgan fingerprint density at radius 1 is 1.23 bits per heavy atom. The summed E-state index contributed by atoms with van der Waals surface area (Å²) in [5.41, 5.74) is 1.66. The molecule has 6 nitrogen and oxygen atoms in total. The molecule has 1 aliphatic heterocycles. The van der Waals surface area contributed by atoms with Crippen LogP contribution in [0.2, 0.25) is 0 Å². The summed E-state index contributed by atoms with van der Waals surface area (Å²) in [6.45, 7) is 1.59. The molecule has 3 rings (SSSR count). The number of methoxy groups -OCH3 is 1. The van der Waals surface area contributed by atoms with Crippen LogP contribution in [0.5, 0.6) is 0 Å². The van der Waals surface area contributed by atoms with Crippen molar-refractivity contribution >= 4 is 27.3 Å². The SMILES string of the molecule is COCc1ccc(C(=O)N2CCC(NS(=O)(=O)c3cccs3)CC2)cc1. The minimum absolute atomic E-state index is 0.0199. The number of sulfonamides is 1. The Morgan fingerprint density at radius 2 is 1.92 bits per heavy atom. The topological polar surface area (TPSA) is 75.7 Å². The molecule has 1 aliphatic rings. The maximum absolute atomic E-state index is 12.6. The van der Waals surface area contributed by atoms with E-state index in [4.69, 9.17) is 4.74 Å². The molecule has 1 N–H and O–H groups in total. The van der Waals surface area contributed by atoms with Gasteiger partial charge in [-0.2, -0.15) is 0 Å². The number of hydrogen-bond acceptors (Lipinski definition) is 5. The lowest BCUT2D eigenvalue weighted by atomic mass is 10.0. The fourth-order valence-electron chi connectivity index (χ4n) is 2.99. The van der Waals surface area contributed by atoms with Crippen LogP contribution < -0.4 is 4.72 Å². The molecule has 2 heterocycles. The molecule has 26 heavy (non-hydrogen) atoms. The summed E-state index contributed by atoms with van der Waals surface area (Å²) < 4.78 is 32.7. The summed E-state index contributed by atoms with van der Waals surface area (Å²) in [5, 5.41) is 1.74. The first kappa shape index (κ1) is 19.0. The van der Waals surface area contributed by atoms with E-state index >= 15 is 0 Å². The minimum atomic E-state index is -3.46. The number of carbonyl (C=O) groups excluding carboxylic acids is 1. The lowest BCUT2D eigenvalue weighted by Crippen LogP contribution is -2.46. The first-order chi connectivity index (χ1) is 12.5. The van der Waals surface area contributed by atoms with E-state index < -0.39 is 10.0 Å². The van der Waals surface area contributed by atoms with Gasteiger partial charge in [0.2, 0.25) is 10.0 Å².